The third-order valence-corrected chi connectivity index (χ3v) is 4.45. The van der Waals surface area contributed by atoms with E-state index in [-0.39, 0.29) is 0 Å². The van der Waals surface area contributed by atoms with E-state index in [0.29, 0.717) is 6.04 Å². The zero-order valence-corrected chi connectivity index (χ0v) is 11.2. The van der Waals surface area contributed by atoms with E-state index >= 15 is 0 Å². The summed E-state index contributed by atoms with van der Waals surface area (Å²) in [7, 11) is 0. The van der Waals surface area contributed by atoms with Crippen molar-refractivity contribution < 1.29 is 0 Å². The predicted molar refractivity (Wildman–Crippen MR) is 71.7 cm³/mol. The van der Waals surface area contributed by atoms with Gasteiger partial charge in [0.2, 0.25) is 0 Å². The van der Waals surface area contributed by atoms with E-state index in [1.54, 1.807) is 0 Å². The van der Waals surface area contributed by atoms with Gasteiger partial charge in [0.25, 0.3) is 0 Å². The molecule has 1 unspecified atom stereocenters. The van der Waals surface area contributed by atoms with Gasteiger partial charge in [-0.1, -0.05) is 32.6 Å². The Kier molecular flexibility index (Phi) is 7.54. The molecule has 1 fully saturated rings. The van der Waals surface area contributed by atoms with Gasteiger partial charge in [0.1, 0.15) is 0 Å². The van der Waals surface area contributed by atoms with E-state index in [0.717, 1.165) is 5.92 Å². The largest absolute Gasteiger partial charge is 0.313 e. The highest BCUT2D eigenvalue weighted by Crippen LogP contribution is 2.22. The van der Waals surface area contributed by atoms with Crippen LogP contribution in [0.4, 0.5) is 0 Å². The summed E-state index contributed by atoms with van der Waals surface area (Å²) in [5.41, 5.74) is 0. The first-order chi connectivity index (χ1) is 7.33. The Bertz CT molecular complexity index is 141. The molecule has 0 radical (unpaired) electrons. The van der Waals surface area contributed by atoms with Crippen LogP contribution in [0.15, 0.2) is 0 Å². The second-order valence-electron chi connectivity index (χ2n) is 4.83. The zero-order chi connectivity index (χ0) is 10.9. The van der Waals surface area contributed by atoms with Crippen LogP contribution in [0.5, 0.6) is 0 Å². The summed E-state index contributed by atoms with van der Waals surface area (Å²) >= 11 is 2.04. The Balaban J connectivity index is 2.06. The third-order valence-electron chi connectivity index (χ3n) is 3.30. The van der Waals surface area contributed by atoms with Crippen molar-refractivity contribution in [1.29, 1.82) is 0 Å². The lowest BCUT2D eigenvalue weighted by Crippen LogP contribution is -2.32. The molecule has 1 aliphatic rings. The predicted octanol–water partition coefficient (Wildman–Crippen LogP) is 3.69. The van der Waals surface area contributed by atoms with Crippen molar-refractivity contribution in [2.45, 2.75) is 58.4 Å². The highest BCUT2D eigenvalue weighted by Gasteiger charge is 2.12. The van der Waals surface area contributed by atoms with Crippen molar-refractivity contribution in [1.82, 2.24) is 5.32 Å². The Morgan fingerprint density at radius 2 is 1.87 bits per heavy atom. The minimum atomic E-state index is 0.693. The average molecular weight is 229 g/mol. The SMILES string of the molecule is CCSCC(C)NCC1CCCCCC1. The van der Waals surface area contributed by atoms with E-state index in [9.17, 15) is 0 Å². The highest BCUT2D eigenvalue weighted by atomic mass is 32.2. The van der Waals surface area contributed by atoms with Crippen molar-refractivity contribution in [2.75, 3.05) is 18.1 Å². The van der Waals surface area contributed by atoms with Crippen molar-refractivity contribution in [2.24, 2.45) is 5.92 Å². The third kappa shape index (κ3) is 6.47. The van der Waals surface area contributed by atoms with Crippen LogP contribution in [-0.2, 0) is 0 Å². The van der Waals surface area contributed by atoms with Crippen LogP contribution in [0.25, 0.3) is 0 Å². The van der Waals surface area contributed by atoms with Crippen LogP contribution in [0.3, 0.4) is 0 Å². The number of rotatable bonds is 6. The summed E-state index contributed by atoms with van der Waals surface area (Å²) < 4.78 is 0. The van der Waals surface area contributed by atoms with Crippen molar-refractivity contribution in [3.63, 3.8) is 0 Å². The molecule has 15 heavy (non-hydrogen) atoms. The Morgan fingerprint density at radius 1 is 1.20 bits per heavy atom. The number of thioether (sulfide) groups is 1. The second-order valence-corrected chi connectivity index (χ2v) is 6.15. The minimum absolute atomic E-state index is 0.693. The molecule has 1 rings (SSSR count). The molecule has 0 amide bonds. The molecule has 1 aliphatic carbocycles. The topological polar surface area (TPSA) is 12.0 Å². The van der Waals surface area contributed by atoms with Gasteiger partial charge in [-0.25, -0.2) is 0 Å². The Morgan fingerprint density at radius 3 is 2.47 bits per heavy atom. The first-order valence-electron chi connectivity index (χ1n) is 6.64. The second kappa shape index (κ2) is 8.46. The maximum Gasteiger partial charge on any atom is 0.0130 e. The number of hydrogen-bond acceptors (Lipinski definition) is 2. The smallest absolute Gasteiger partial charge is 0.0130 e. The van der Waals surface area contributed by atoms with Crippen LogP contribution >= 0.6 is 11.8 Å². The van der Waals surface area contributed by atoms with E-state index in [1.165, 1.54) is 56.6 Å². The maximum atomic E-state index is 3.69. The lowest BCUT2D eigenvalue weighted by atomic mass is 10.0. The quantitative estimate of drug-likeness (QED) is 0.697. The molecule has 90 valence electrons. The van der Waals surface area contributed by atoms with Gasteiger partial charge >= 0.3 is 0 Å². The molecular formula is C13H27NS. The fourth-order valence-electron chi connectivity index (χ4n) is 2.29. The van der Waals surface area contributed by atoms with Gasteiger partial charge in [0, 0.05) is 11.8 Å². The standard InChI is InChI=1S/C13H27NS/c1-3-15-11-12(2)14-10-13-8-6-4-5-7-9-13/h12-14H,3-11H2,1-2H3. The maximum absolute atomic E-state index is 3.69. The molecule has 0 spiro atoms. The number of hydrogen-bond donors (Lipinski definition) is 1. The molecule has 1 atom stereocenters. The molecule has 0 heterocycles. The molecule has 0 aromatic carbocycles. The fraction of sp³-hybridized carbons (Fsp3) is 1.00. The van der Waals surface area contributed by atoms with E-state index in [1.807, 2.05) is 11.8 Å². The first kappa shape index (κ1) is 13.4. The molecule has 0 bridgehead atoms. The molecule has 1 saturated carbocycles. The summed E-state index contributed by atoms with van der Waals surface area (Å²) in [5, 5.41) is 3.69. The lowest BCUT2D eigenvalue weighted by Gasteiger charge is -2.19. The molecule has 0 aromatic rings. The molecular weight excluding hydrogens is 202 g/mol. The summed E-state index contributed by atoms with van der Waals surface area (Å²) in [6, 6.07) is 0.693. The van der Waals surface area contributed by atoms with Crippen molar-refractivity contribution >= 4 is 11.8 Å². The van der Waals surface area contributed by atoms with Crippen LogP contribution < -0.4 is 5.32 Å². The molecule has 0 aliphatic heterocycles. The lowest BCUT2D eigenvalue weighted by molar-refractivity contribution is 0.409. The van der Waals surface area contributed by atoms with E-state index in [4.69, 9.17) is 0 Å². The summed E-state index contributed by atoms with van der Waals surface area (Å²) in [6.07, 6.45) is 8.78. The number of nitrogens with one attached hydrogen (secondary N) is 1. The molecule has 0 saturated heterocycles. The molecule has 0 aromatic heterocycles. The molecule has 1 N–H and O–H groups in total. The van der Waals surface area contributed by atoms with Crippen LogP contribution in [-0.4, -0.2) is 24.1 Å². The van der Waals surface area contributed by atoms with Gasteiger partial charge in [-0.2, -0.15) is 11.8 Å². The summed E-state index contributed by atoms with van der Waals surface area (Å²) in [6.45, 7) is 5.81. The Hall–Kier alpha value is 0.310. The fourth-order valence-corrected chi connectivity index (χ4v) is 3.00. The van der Waals surface area contributed by atoms with Gasteiger partial charge in [-0.05, 0) is 38.0 Å². The van der Waals surface area contributed by atoms with Gasteiger partial charge in [0.05, 0.1) is 0 Å². The average Bonchev–Trinajstić information content (AvgIpc) is 2.51. The monoisotopic (exact) mass is 229 g/mol. The van der Waals surface area contributed by atoms with Gasteiger partial charge < -0.3 is 5.32 Å². The van der Waals surface area contributed by atoms with Gasteiger partial charge in [-0.15, -0.1) is 0 Å². The van der Waals surface area contributed by atoms with Crippen LogP contribution in [0, 0.1) is 5.92 Å². The zero-order valence-electron chi connectivity index (χ0n) is 10.4. The van der Waals surface area contributed by atoms with E-state index in [2.05, 4.69) is 19.2 Å². The summed E-state index contributed by atoms with van der Waals surface area (Å²) in [5.74, 6) is 3.47. The molecule has 1 nitrogen and oxygen atoms in total. The first-order valence-corrected chi connectivity index (χ1v) is 7.79. The van der Waals surface area contributed by atoms with Gasteiger partial charge in [-0.3, -0.25) is 0 Å². The van der Waals surface area contributed by atoms with Crippen LogP contribution in [0.1, 0.15) is 52.4 Å². The minimum Gasteiger partial charge on any atom is -0.313 e. The van der Waals surface area contributed by atoms with Crippen molar-refractivity contribution in [3.05, 3.63) is 0 Å². The van der Waals surface area contributed by atoms with Gasteiger partial charge in [0.15, 0.2) is 0 Å². The molecule has 2 heteroatoms. The Labute approximate surface area is 99.8 Å². The highest BCUT2D eigenvalue weighted by molar-refractivity contribution is 7.99. The normalized spacial score (nSPS) is 21.2. The summed E-state index contributed by atoms with van der Waals surface area (Å²) in [4.78, 5) is 0. The van der Waals surface area contributed by atoms with E-state index < -0.39 is 0 Å². The van der Waals surface area contributed by atoms with Crippen molar-refractivity contribution in [3.8, 4) is 0 Å². The van der Waals surface area contributed by atoms with Crippen LogP contribution in [0.2, 0.25) is 0 Å².